The first-order chi connectivity index (χ1) is 11.9. The molecule has 140 valence electrons. The van der Waals surface area contributed by atoms with Crippen LogP contribution in [0.25, 0.3) is 0 Å². The molecule has 26 heavy (non-hydrogen) atoms. The Morgan fingerprint density at radius 2 is 1.69 bits per heavy atom. The van der Waals surface area contributed by atoms with Crippen LogP contribution < -0.4 is 4.31 Å². The van der Waals surface area contributed by atoms with Crippen LogP contribution in [0.4, 0.5) is 23.2 Å². The standard InChI is InChI=1S/C15H10ClF4NO4S/c16-12-6-1-9(15(18,19)20)7-13(12)21(8-14(22)23)26(24,25)11-4-2-10(17)3-5-11/h1-7H,8H2,(H,22,23). The molecule has 0 aliphatic carbocycles. The summed E-state index contributed by atoms with van der Waals surface area (Å²) in [4.78, 5) is 10.6. The van der Waals surface area contributed by atoms with Crippen LogP contribution in [0.5, 0.6) is 0 Å². The molecule has 1 N–H and O–H groups in total. The highest BCUT2D eigenvalue weighted by molar-refractivity contribution is 7.92. The van der Waals surface area contributed by atoms with Gasteiger partial charge < -0.3 is 5.11 Å². The number of halogens is 5. The van der Waals surface area contributed by atoms with Crippen LogP contribution in [0.1, 0.15) is 5.56 Å². The number of carboxylic acids is 1. The van der Waals surface area contributed by atoms with Gasteiger partial charge in [-0.05, 0) is 42.5 Å². The number of benzene rings is 2. The van der Waals surface area contributed by atoms with E-state index in [2.05, 4.69) is 0 Å². The molecule has 0 aromatic heterocycles. The van der Waals surface area contributed by atoms with E-state index in [-0.39, 0.29) is 4.31 Å². The second-order valence-corrected chi connectivity index (χ2v) is 7.29. The van der Waals surface area contributed by atoms with Crippen molar-refractivity contribution in [2.75, 3.05) is 10.8 Å². The van der Waals surface area contributed by atoms with Crippen molar-refractivity contribution >= 4 is 33.3 Å². The lowest BCUT2D eigenvalue weighted by Crippen LogP contribution is -2.36. The van der Waals surface area contributed by atoms with Gasteiger partial charge in [0.2, 0.25) is 0 Å². The quantitative estimate of drug-likeness (QED) is 0.760. The van der Waals surface area contributed by atoms with Gasteiger partial charge in [-0.15, -0.1) is 0 Å². The number of aliphatic carboxylic acids is 1. The SMILES string of the molecule is O=C(O)CN(c1cc(C(F)(F)F)ccc1Cl)S(=O)(=O)c1ccc(F)cc1. The van der Waals surface area contributed by atoms with E-state index in [1.54, 1.807) is 0 Å². The van der Waals surface area contributed by atoms with Crippen LogP contribution in [0.15, 0.2) is 47.4 Å². The van der Waals surface area contributed by atoms with Crippen molar-refractivity contribution in [1.29, 1.82) is 0 Å². The number of hydrogen-bond donors (Lipinski definition) is 1. The molecule has 11 heteroatoms. The first-order valence-electron chi connectivity index (χ1n) is 6.80. The lowest BCUT2D eigenvalue weighted by Gasteiger charge is -2.24. The summed E-state index contributed by atoms with van der Waals surface area (Å²) in [5.74, 6) is -2.37. The molecule has 2 rings (SSSR count). The number of rotatable bonds is 5. The molecule has 5 nitrogen and oxygen atoms in total. The summed E-state index contributed by atoms with van der Waals surface area (Å²) in [5, 5.41) is 8.59. The maximum atomic E-state index is 13.0. The van der Waals surface area contributed by atoms with Crippen molar-refractivity contribution < 1.29 is 35.9 Å². The molecular formula is C15H10ClF4NO4S. The molecule has 0 saturated carbocycles. The van der Waals surface area contributed by atoms with Gasteiger partial charge >= 0.3 is 12.1 Å². The number of sulfonamides is 1. The van der Waals surface area contributed by atoms with Crippen molar-refractivity contribution in [3.8, 4) is 0 Å². The Morgan fingerprint density at radius 3 is 2.19 bits per heavy atom. The van der Waals surface area contributed by atoms with Gasteiger partial charge in [0, 0.05) is 0 Å². The van der Waals surface area contributed by atoms with Crippen molar-refractivity contribution in [3.63, 3.8) is 0 Å². The van der Waals surface area contributed by atoms with E-state index in [0.717, 1.165) is 30.3 Å². The highest BCUT2D eigenvalue weighted by Crippen LogP contribution is 2.37. The molecular weight excluding hydrogens is 402 g/mol. The topological polar surface area (TPSA) is 74.7 Å². The highest BCUT2D eigenvalue weighted by Gasteiger charge is 2.34. The van der Waals surface area contributed by atoms with Crippen LogP contribution in [0, 0.1) is 5.82 Å². The molecule has 0 bridgehead atoms. The van der Waals surface area contributed by atoms with Crippen LogP contribution in [-0.4, -0.2) is 26.0 Å². The molecule has 0 heterocycles. The fraction of sp³-hybridized carbons (Fsp3) is 0.133. The van der Waals surface area contributed by atoms with Crippen LogP contribution in [0.3, 0.4) is 0 Å². The Labute approximate surface area is 150 Å². The zero-order chi connectivity index (χ0) is 19.7. The van der Waals surface area contributed by atoms with Crippen molar-refractivity contribution in [3.05, 3.63) is 58.9 Å². The summed E-state index contributed by atoms with van der Waals surface area (Å²) in [7, 11) is -4.62. The molecule has 0 radical (unpaired) electrons. The molecule has 0 unspecified atom stereocenters. The Kier molecular flexibility index (Phi) is 5.47. The third-order valence-electron chi connectivity index (χ3n) is 3.22. The summed E-state index contributed by atoms with van der Waals surface area (Å²) in [6.07, 6.45) is -4.80. The lowest BCUT2D eigenvalue weighted by atomic mass is 10.2. The fourth-order valence-electron chi connectivity index (χ4n) is 2.04. The number of hydrogen-bond acceptors (Lipinski definition) is 3. The molecule has 0 aliphatic rings. The molecule has 0 spiro atoms. The Bertz CT molecular complexity index is 930. The Hall–Kier alpha value is -2.33. The summed E-state index contributed by atoms with van der Waals surface area (Å²) in [6.45, 7) is -1.18. The molecule has 0 atom stereocenters. The van der Waals surface area contributed by atoms with Gasteiger partial charge in [-0.1, -0.05) is 11.6 Å². The fourth-order valence-corrected chi connectivity index (χ4v) is 3.73. The number of carbonyl (C=O) groups is 1. The van der Waals surface area contributed by atoms with E-state index in [9.17, 15) is 30.8 Å². The summed E-state index contributed by atoms with van der Waals surface area (Å²) < 4.78 is 77.4. The molecule has 0 amide bonds. The van der Waals surface area contributed by atoms with Crippen molar-refractivity contribution in [2.45, 2.75) is 11.1 Å². The maximum absolute atomic E-state index is 13.0. The first kappa shape index (κ1) is 20.0. The van der Waals surface area contributed by atoms with Gasteiger partial charge in [-0.2, -0.15) is 13.2 Å². The van der Waals surface area contributed by atoms with E-state index in [1.807, 2.05) is 0 Å². The highest BCUT2D eigenvalue weighted by atomic mass is 35.5. The second-order valence-electron chi connectivity index (χ2n) is 5.02. The van der Waals surface area contributed by atoms with Crippen LogP contribution in [-0.2, 0) is 21.0 Å². The summed E-state index contributed by atoms with van der Waals surface area (Å²) >= 11 is 5.82. The van der Waals surface area contributed by atoms with Gasteiger partial charge in [0.05, 0.1) is 21.2 Å². The van der Waals surface area contributed by atoms with E-state index >= 15 is 0 Å². The van der Waals surface area contributed by atoms with Crippen LogP contribution >= 0.6 is 11.6 Å². The minimum atomic E-state index is -4.80. The second kappa shape index (κ2) is 7.12. The van der Waals surface area contributed by atoms with Crippen molar-refractivity contribution in [2.24, 2.45) is 0 Å². The number of anilines is 1. The molecule has 2 aromatic rings. The van der Waals surface area contributed by atoms with Crippen molar-refractivity contribution in [1.82, 2.24) is 0 Å². The van der Waals surface area contributed by atoms with E-state index in [4.69, 9.17) is 16.7 Å². The van der Waals surface area contributed by atoms with Gasteiger partial charge in [0.25, 0.3) is 10.0 Å². The number of carboxylic acid groups (broad SMARTS) is 1. The number of alkyl halides is 3. The van der Waals surface area contributed by atoms with Crippen LogP contribution in [0.2, 0.25) is 5.02 Å². The van der Waals surface area contributed by atoms with Gasteiger partial charge in [-0.25, -0.2) is 12.8 Å². The zero-order valence-corrected chi connectivity index (χ0v) is 14.2. The van der Waals surface area contributed by atoms with E-state index < -0.39 is 55.7 Å². The zero-order valence-electron chi connectivity index (χ0n) is 12.7. The normalized spacial score (nSPS) is 12.0. The summed E-state index contributed by atoms with van der Waals surface area (Å²) in [6, 6.07) is 5.25. The number of nitrogens with zero attached hydrogens (tertiary/aromatic N) is 1. The minimum Gasteiger partial charge on any atom is -0.480 e. The van der Waals surface area contributed by atoms with Gasteiger partial charge in [0.15, 0.2) is 0 Å². The third-order valence-corrected chi connectivity index (χ3v) is 5.32. The molecule has 2 aromatic carbocycles. The molecule has 0 fully saturated rings. The minimum absolute atomic E-state index is 0.222. The Balaban J connectivity index is 2.65. The smallest absolute Gasteiger partial charge is 0.416 e. The predicted octanol–water partition coefficient (Wildman–Crippen LogP) is 3.78. The Morgan fingerprint density at radius 1 is 1.12 bits per heavy atom. The predicted molar refractivity (Wildman–Crippen MR) is 85.0 cm³/mol. The first-order valence-corrected chi connectivity index (χ1v) is 8.61. The average molecular weight is 412 g/mol. The largest absolute Gasteiger partial charge is 0.480 e. The monoisotopic (exact) mass is 411 g/mol. The third kappa shape index (κ3) is 4.25. The average Bonchev–Trinajstić information content (AvgIpc) is 2.52. The summed E-state index contributed by atoms with van der Waals surface area (Å²) in [5.41, 5.74) is -1.87. The maximum Gasteiger partial charge on any atom is 0.416 e. The molecule has 0 aliphatic heterocycles. The van der Waals surface area contributed by atoms with E-state index in [1.165, 1.54) is 0 Å². The lowest BCUT2D eigenvalue weighted by molar-refractivity contribution is -0.137. The van der Waals surface area contributed by atoms with Gasteiger partial charge in [-0.3, -0.25) is 9.10 Å². The van der Waals surface area contributed by atoms with Gasteiger partial charge in [0.1, 0.15) is 12.4 Å². The molecule has 0 saturated heterocycles. The van der Waals surface area contributed by atoms with E-state index in [0.29, 0.717) is 12.1 Å².